The first-order valence-electron chi connectivity index (χ1n) is 6.71. The molecular formula is C14H20N2O3. The van der Waals surface area contributed by atoms with Crippen molar-refractivity contribution < 1.29 is 14.7 Å². The average Bonchev–Trinajstić information content (AvgIpc) is 2.74. The minimum atomic E-state index is -0.901. The fourth-order valence-corrected chi connectivity index (χ4v) is 2.19. The second-order valence-electron chi connectivity index (χ2n) is 5.27. The van der Waals surface area contributed by atoms with Gasteiger partial charge in [0.2, 0.25) is 0 Å². The molecule has 1 heterocycles. The van der Waals surface area contributed by atoms with Gasteiger partial charge in [-0.3, -0.25) is 9.59 Å². The SMILES string of the molecule is CC(NC(=O)c1cccn1C1CCC1)C(C)C(=O)O. The number of amides is 1. The smallest absolute Gasteiger partial charge is 0.308 e. The molecule has 2 atom stereocenters. The quantitative estimate of drug-likeness (QED) is 0.855. The number of hydrogen-bond acceptors (Lipinski definition) is 2. The Morgan fingerprint density at radius 1 is 1.42 bits per heavy atom. The first-order valence-corrected chi connectivity index (χ1v) is 6.71. The van der Waals surface area contributed by atoms with Crippen LogP contribution in [-0.2, 0) is 4.79 Å². The van der Waals surface area contributed by atoms with E-state index in [1.54, 1.807) is 19.9 Å². The lowest BCUT2D eigenvalue weighted by atomic mass is 9.93. The number of rotatable bonds is 5. The number of nitrogens with one attached hydrogen (secondary N) is 1. The van der Waals surface area contributed by atoms with E-state index in [2.05, 4.69) is 5.32 Å². The molecule has 104 valence electrons. The monoisotopic (exact) mass is 264 g/mol. The molecule has 2 unspecified atom stereocenters. The van der Waals surface area contributed by atoms with Crippen molar-refractivity contribution in [1.82, 2.24) is 9.88 Å². The zero-order valence-corrected chi connectivity index (χ0v) is 11.3. The highest BCUT2D eigenvalue weighted by Gasteiger charge is 2.26. The van der Waals surface area contributed by atoms with Gasteiger partial charge in [0, 0.05) is 18.3 Å². The van der Waals surface area contributed by atoms with Crippen molar-refractivity contribution in [3.63, 3.8) is 0 Å². The van der Waals surface area contributed by atoms with E-state index in [9.17, 15) is 9.59 Å². The van der Waals surface area contributed by atoms with Gasteiger partial charge in [-0.1, -0.05) is 0 Å². The Hall–Kier alpha value is -1.78. The van der Waals surface area contributed by atoms with Crippen LogP contribution in [0.25, 0.3) is 0 Å². The minimum Gasteiger partial charge on any atom is -0.481 e. The summed E-state index contributed by atoms with van der Waals surface area (Å²) in [5.74, 6) is -1.70. The number of hydrogen-bond donors (Lipinski definition) is 2. The molecule has 1 amide bonds. The molecule has 0 aliphatic heterocycles. The molecule has 19 heavy (non-hydrogen) atoms. The van der Waals surface area contributed by atoms with Crippen LogP contribution in [0.5, 0.6) is 0 Å². The van der Waals surface area contributed by atoms with Crippen molar-refractivity contribution in [2.75, 3.05) is 0 Å². The van der Waals surface area contributed by atoms with Crippen LogP contribution in [0.3, 0.4) is 0 Å². The molecular weight excluding hydrogens is 244 g/mol. The molecule has 1 aromatic rings. The highest BCUT2D eigenvalue weighted by atomic mass is 16.4. The lowest BCUT2D eigenvalue weighted by molar-refractivity contribution is -0.141. The zero-order chi connectivity index (χ0) is 14.0. The molecule has 2 rings (SSSR count). The molecule has 0 radical (unpaired) electrons. The van der Waals surface area contributed by atoms with E-state index in [0.29, 0.717) is 11.7 Å². The first-order chi connectivity index (χ1) is 9.00. The topological polar surface area (TPSA) is 71.3 Å². The van der Waals surface area contributed by atoms with Gasteiger partial charge in [0.05, 0.1) is 5.92 Å². The lowest BCUT2D eigenvalue weighted by Gasteiger charge is -2.29. The zero-order valence-electron chi connectivity index (χ0n) is 11.3. The largest absolute Gasteiger partial charge is 0.481 e. The Labute approximate surface area is 112 Å². The molecule has 1 fully saturated rings. The van der Waals surface area contributed by atoms with Crippen LogP contribution >= 0.6 is 0 Å². The van der Waals surface area contributed by atoms with Gasteiger partial charge in [-0.25, -0.2) is 0 Å². The Kier molecular flexibility index (Phi) is 3.93. The van der Waals surface area contributed by atoms with Crippen molar-refractivity contribution in [3.8, 4) is 0 Å². The van der Waals surface area contributed by atoms with E-state index >= 15 is 0 Å². The van der Waals surface area contributed by atoms with Crippen LogP contribution in [0, 0.1) is 5.92 Å². The van der Waals surface area contributed by atoms with Gasteiger partial charge in [-0.05, 0) is 45.2 Å². The summed E-state index contributed by atoms with van der Waals surface area (Å²) in [5, 5.41) is 11.7. The van der Waals surface area contributed by atoms with Gasteiger partial charge in [0.1, 0.15) is 5.69 Å². The van der Waals surface area contributed by atoms with Crippen LogP contribution in [0.15, 0.2) is 18.3 Å². The standard InChI is InChI=1S/C14H20N2O3/c1-9(14(18)19)10(2)15-13(17)12-7-4-8-16(12)11-5-3-6-11/h4,7-11H,3,5-6H2,1-2H3,(H,15,17)(H,18,19). The molecule has 1 aliphatic rings. The summed E-state index contributed by atoms with van der Waals surface area (Å²) >= 11 is 0. The van der Waals surface area contributed by atoms with Crippen molar-refractivity contribution in [2.45, 2.75) is 45.2 Å². The Bertz CT molecular complexity index is 477. The molecule has 5 heteroatoms. The highest BCUT2D eigenvalue weighted by Crippen LogP contribution is 2.32. The Balaban J connectivity index is 2.03. The maximum atomic E-state index is 12.2. The highest BCUT2D eigenvalue weighted by molar-refractivity contribution is 5.93. The van der Waals surface area contributed by atoms with Gasteiger partial charge >= 0.3 is 5.97 Å². The molecule has 0 aromatic carbocycles. The van der Waals surface area contributed by atoms with E-state index in [-0.39, 0.29) is 5.91 Å². The fourth-order valence-electron chi connectivity index (χ4n) is 2.19. The van der Waals surface area contributed by atoms with Crippen molar-refractivity contribution in [1.29, 1.82) is 0 Å². The van der Waals surface area contributed by atoms with E-state index in [1.165, 1.54) is 6.42 Å². The number of aromatic nitrogens is 1. The molecule has 5 nitrogen and oxygen atoms in total. The van der Waals surface area contributed by atoms with E-state index in [0.717, 1.165) is 12.8 Å². The normalized spacial score (nSPS) is 18.4. The number of nitrogens with zero attached hydrogens (tertiary/aromatic N) is 1. The van der Waals surface area contributed by atoms with E-state index < -0.39 is 17.9 Å². The predicted molar refractivity (Wildman–Crippen MR) is 71.0 cm³/mol. The Morgan fingerprint density at radius 2 is 2.11 bits per heavy atom. The van der Waals surface area contributed by atoms with Crippen molar-refractivity contribution >= 4 is 11.9 Å². The fraction of sp³-hybridized carbons (Fsp3) is 0.571. The molecule has 1 aromatic heterocycles. The predicted octanol–water partition coefficient (Wildman–Crippen LogP) is 2.05. The molecule has 0 spiro atoms. The Morgan fingerprint density at radius 3 is 2.63 bits per heavy atom. The van der Waals surface area contributed by atoms with Crippen LogP contribution in [0.4, 0.5) is 0 Å². The average molecular weight is 264 g/mol. The summed E-state index contributed by atoms with van der Waals surface area (Å²) in [6.45, 7) is 3.31. The third kappa shape index (κ3) is 2.80. The third-order valence-electron chi connectivity index (χ3n) is 3.98. The first kappa shape index (κ1) is 13.6. The number of carboxylic acids is 1. The van der Waals surface area contributed by atoms with Crippen LogP contribution in [0.1, 0.15) is 49.6 Å². The van der Waals surface area contributed by atoms with Gasteiger partial charge < -0.3 is 15.0 Å². The molecule has 2 N–H and O–H groups in total. The second kappa shape index (κ2) is 5.47. The lowest BCUT2D eigenvalue weighted by Crippen LogP contribution is -2.41. The van der Waals surface area contributed by atoms with Crippen molar-refractivity contribution in [2.24, 2.45) is 5.92 Å². The van der Waals surface area contributed by atoms with Crippen LogP contribution in [-0.4, -0.2) is 27.6 Å². The summed E-state index contributed by atoms with van der Waals surface area (Å²) < 4.78 is 2.00. The summed E-state index contributed by atoms with van der Waals surface area (Å²) in [6, 6.07) is 3.67. The number of carbonyl (C=O) groups excluding carboxylic acids is 1. The maximum absolute atomic E-state index is 12.2. The van der Waals surface area contributed by atoms with Crippen LogP contribution in [0.2, 0.25) is 0 Å². The maximum Gasteiger partial charge on any atom is 0.308 e. The molecule has 1 saturated carbocycles. The van der Waals surface area contributed by atoms with E-state index in [1.807, 2.05) is 16.8 Å². The molecule has 0 bridgehead atoms. The third-order valence-corrected chi connectivity index (χ3v) is 3.98. The number of aliphatic carboxylic acids is 1. The molecule has 0 saturated heterocycles. The summed E-state index contributed by atoms with van der Waals surface area (Å²) in [4.78, 5) is 23.1. The van der Waals surface area contributed by atoms with Gasteiger partial charge in [0.25, 0.3) is 5.91 Å². The van der Waals surface area contributed by atoms with E-state index in [4.69, 9.17) is 5.11 Å². The summed E-state index contributed by atoms with van der Waals surface area (Å²) in [6.07, 6.45) is 5.34. The summed E-state index contributed by atoms with van der Waals surface area (Å²) in [7, 11) is 0. The molecule has 1 aliphatic carbocycles. The van der Waals surface area contributed by atoms with Crippen molar-refractivity contribution in [3.05, 3.63) is 24.0 Å². The van der Waals surface area contributed by atoms with Gasteiger partial charge in [0.15, 0.2) is 0 Å². The summed E-state index contributed by atoms with van der Waals surface area (Å²) in [5.41, 5.74) is 0.620. The van der Waals surface area contributed by atoms with Crippen LogP contribution < -0.4 is 5.32 Å². The number of carbonyl (C=O) groups is 2. The minimum absolute atomic E-state index is 0.197. The second-order valence-corrected chi connectivity index (χ2v) is 5.27. The van der Waals surface area contributed by atoms with Gasteiger partial charge in [-0.2, -0.15) is 0 Å². The number of carboxylic acid groups (broad SMARTS) is 1. The van der Waals surface area contributed by atoms with Gasteiger partial charge in [-0.15, -0.1) is 0 Å².